The Hall–Kier alpha value is -3.62. The van der Waals surface area contributed by atoms with E-state index in [-0.39, 0.29) is 11.7 Å². The van der Waals surface area contributed by atoms with Crippen molar-refractivity contribution in [3.63, 3.8) is 0 Å². The lowest BCUT2D eigenvalue weighted by atomic mass is 10.00. The number of hydrogen-bond acceptors (Lipinski definition) is 6. The molecule has 1 aromatic heterocycles. The molecule has 0 unspecified atom stereocenters. The number of anilines is 1. The van der Waals surface area contributed by atoms with E-state index in [9.17, 15) is 14.3 Å². The standard InChI is InChI=1S/C29H31ClFN5O2/c1-17(30)27(35-18(2)22-14-21(9-10-24(22)31)36-12-6-7-26(36)37)23-13-19(8-11-25(23)32-5)20-15-33-28(34-16-20)29(3,4)38/h8-11,13-16,18,35,38H,5-7,12H2,1-4H3/b27-17-/t18-/m1/s1. The van der Waals surface area contributed by atoms with Gasteiger partial charge in [0.1, 0.15) is 11.4 Å². The number of aliphatic imine (C=N–C) groups is 1. The Balaban J connectivity index is 1.68. The lowest BCUT2D eigenvalue weighted by Crippen LogP contribution is -2.25. The van der Waals surface area contributed by atoms with Crippen molar-refractivity contribution in [2.75, 3.05) is 11.4 Å². The summed E-state index contributed by atoms with van der Waals surface area (Å²) in [6.45, 7) is 11.1. The first-order chi connectivity index (χ1) is 18.0. The molecule has 2 heterocycles. The first kappa shape index (κ1) is 27.4. The number of carbonyl (C=O) groups is 1. The fourth-order valence-electron chi connectivity index (χ4n) is 4.46. The second-order valence-electron chi connectivity index (χ2n) is 9.87. The highest BCUT2D eigenvalue weighted by atomic mass is 35.5. The number of rotatable bonds is 8. The lowest BCUT2D eigenvalue weighted by molar-refractivity contribution is -0.117. The van der Waals surface area contributed by atoms with Gasteiger partial charge < -0.3 is 15.3 Å². The van der Waals surface area contributed by atoms with E-state index in [4.69, 9.17) is 11.6 Å². The third kappa shape index (κ3) is 5.76. The molecule has 0 saturated carbocycles. The first-order valence-corrected chi connectivity index (χ1v) is 12.8. The number of nitrogens with one attached hydrogen (secondary N) is 1. The van der Waals surface area contributed by atoms with Crippen molar-refractivity contribution in [3.8, 4) is 11.1 Å². The Morgan fingerprint density at radius 2 is 1.92 bits per heavy atom. The normalized spacial score (nSPS) is 15.3. The number of aliphatic hydroxyl groups is 1. The van der Waals surface area contributed by atoms with Crippen molar-refractivity contribution < 1.29 is 14.3 Å². The summed E-state index contributed by atoms with van der Waals surface area (Å²) < 4.78 is 15.0. The van der Waals surface area contributed by atoms with E-state index in [1.807, 2.05) is 25.1 Å². The van der Waals surface area contributed by atoms with Crippen LogP contribution in [0.2, 0.25) is 0 Å². The van der Waals surface area contributed by atoms with Gasteiger partial charge in [-0.05, 0) is 76.7 Å². The molecule has 1 saturated heterocycles. The third-order valence-electron chi connectivity index (χ3n) is 6.51. The summed E-state index contributed by atoms with van der Waals surface area (Å²) in [6.07, 6.45) is 4.58. The maximum Gasteiger partial charge on any atom is 0.227 e. The summed E-state index contributed by atoms with van der Waals surface area (Å²) in [6, 6.07) is 9.83. The molecule has 4 rings (SSSR count). The number of carbonyl (C=O) groups excluding carboxylic acids is 1. The van der Waals surface area contributed by atoms with Gasteiger partial charge in [0.2, 0.25) is 5.91 Å². The summed E-state index contributed by atoms with van der Waals surface area (Å²) in [7, 11) is 0. The van der Waals surface area contributed by atoms with Crippen molar-refractivity contribution >= 4 is 41.3 Å². The fraction of sp³-hybridized carbons (Fsp3) is 0.310. The number of nitrogens with zero attached hydrogens (tertiary/aromatic N) is 4. The van der Waals surface area contributed by atoms with Crippen LogP contribution in [-0.4, -0.2) is 34.2 Å². The van der Waals surface area contributed by atoms with E-state index in [0.717, 1.165) is 17.5 Å². The van der Waals surface area contributed by atoms with Gasteiger partial charge in [-0.2, -0.15) is 0 Å². The van der Waals surface area contributed by atoms with E-state index in [1.54, 1.807) is 50.2 Å². The zero-order valence-electron chi connectivity index (χ0n) is 21.9. The summed E-state index contributed by atoms with van der Waals surface area (Å²) in [4.78, 5) is 26.7. The molecule has 1 amide bonds. The van der Waals surface area contributed by atoms with Crippen LogP contribution >= 0.6 is 11.6 Å². The Morgan fingerprint density at radius 3 is 2.50 bits per heavy atom. The SMILES string of the molecule is C=Nc1ccc(-c2cnc(C(C)(C)O)nc2)cc1/C(N[C@H](C)c1cc(N2CCCC2=O)ccc1F)=C(\C)Cl. The van der Waals surface area contributed by atoms with Crippen molar-refractivity contribution in [1.82, 2.24) is 15.3 Å². The average Bonchev–Trinajstić information content (AvgIpc) is 3.32. The minimum Gasteiger partial charge on any atom is -0.382 e. The van der Waals surface area contributed by atoms with Crippen LogP contribution in [0.15, 0.2) is 58.8 Å². The van der Waals surface area contributed by atoms with Crippen LogP contribution in [-0.2, 0) is 10.4 Å². The van der Waals surface area contributed by atoms with Crippen LogP contribution in [0, 0.1) is 5.82 Å². The van der Waals surface area contributed by atoms with Crippen LogP contribution in [0.1, 0.15) is 63.5 Å². The number of aromatic nitrogens is 2. The van der Waals surface area contributed by atoms with E-state index in [0.29, 0.717) is 52.0 Å². The van der Waals surface area contributed by atoms with E-state index in [1.165, 1.54) is 6.07 Å². The van der Waals surface area contributed by atoms with Crippen LogP contribution in [0.5, 0.6) is 0 Å². The molecular weight excluding hydrogens is 505 g/mol. The zero-order chi connectivity index (χ0) is 27.6. The second kappa shape index (κ2) is 11.0. The van der Waals surface area contributed by atoms with Gasteiger partial charge in [0.05, 0.1) is 17.4 Å². The largest absolute Gasteiger partial charge is 0.382 e. The first-order valence-electron chi connectivity index (χ1n) is 12.4. The van der Waals surface area contributed by atoms with Crippen LogP contribution in [0.3, 0.4) is 0 Å². The van der Waals surface area contributed by atoms with Gasteiger partial charge >= 0.3 is 0 Å². The van der Waals surface area contributed by atoms with Crippen LogP contribution in [0.4, 0.5) is 15.8 Å². The van der Waals surface area contributed by atoms with Crippen molar-refractivity contribution in [2.45, 2.75) is 52.2 Å². The van der Waals surface area contributed by atoms with Gasteiger partial charge in [-0.3, -0.25) is 9.79 Å². The van der Waals surface area contributed by atoms with Gasteiger partial charge in [0.25, 0.3) is 0 Å². The molecule has 9 heteroatoms. The molecule has 198 valence electrons. The highest BCUT2D eigenvalue weighted by Gasteiger charge is 2.24. The van der Waals surface area contributed by atoms with Crippen molar-refractivity contribution in [2.24, 2.45) is 4.99 Å². The van der Waals surface area contributed by atoms with E-state index < -0.39 is 11.6 Å². The third-order valence-corrected chi connectivity index (χ3v) is 6.69. The van der Waals surface area contributed by atoms with E-state index in [2.05, 4.69) is 27.0 Å². The Kier molecular flexibility index (Phi) is 7.94. The summed E-state index contributed by atoms with van der Waals surface area (Å²) in [5.74, 6) is -0.0244. The molecule has 0 bridgehead atoms. The smallest absolute Gasteiger partial charge is 0.227 e. The minimum absolute atomic E-state index is 0.0402. The molecule has 2 N–H and O–H groups in total. The molecule has 0 spiro atoms. The topological polar surface area (TPSA) is 90.7 Å². The van der Waals surface area contributed by atoms with Crippen LogP contribution in [0.25, 0.3) is 16.8 Å². The van der Waals surface area contributed by atoms with Gasteiger partial charge in [-0.25, -0.2) is 14.4 Å². The molecule has 0 aliphatic carbocycles. The van der Waals surface area contributed by atoms with Gasteiger partial charge in [0, 0.05) is 52.8 Å². The lowest BCUT2D eigenvalue weighted by Gasteiger charge is -2.23. The molecule has 1 fully saturated rings. The molecule has 2 aromatic carbocycles. The van der Waals surface area contributed by atoms with Gasteiger partial charge in [-0.15, -0.1) is 0 Å². The van der Waals surface area contributed by atoms with Crippen molar-refractivity contribution in [1.29, 1.82) is 0 Å². The molecule has 1 aliphatic rings. The van der Waals surface area contributed by atoms with Crippen molar-refractivity contribution in [3.05, 3.63) is 76.6 Å². The van der Waals surface area contributed by atoms with E-state index >= 15 is 0 Å². The maximum absolute atomic E-state index is 15.0. The molecule has 3 aromatic rings. The summed E-state index contributed by atoms with van der Waals surface area (Å²) >= 11 is 6.56. The molecular formula is C29H31ClFN5O2. The molecule has 1 atom stereocenters. The molecule has 0 radical (unpaired) electrons. The molecule has 1 aliphatic heterocycles. The molecule has 38 heavy (non-hydrogen) atoms. The monoisotopic (exact) mass is 535 g/mol. The summed E-state index contributed by atoms with van der Waals surface area (Å²) in [5, 5.41) is 14.0. The number of amides is 1. The van der Waals surface area contributed by atoms with Gasteiger partial charge in [0.15, 0.2) is 5.82 Å². The average molecular weight is 536 g/mol. The highest BCUT2D eigenvalue weighted by molar-refractivity contribution is 6.32. The predicted octanol–water partition coefficient (Wildman–Crippen LogP) is 6.25. The van der Waals surface area contributed by atoms with Crippen LogP contribution < -0.4 is 10.2 Å². The number of benzene rings is 2. The quantitative estimate of drug-likeness (QED) is 0.333. The minimum atomic E-state index is -1.15. The Bertz CT molecular complexity index is 1400. The fourth-order valence-corrected chi connectivity index (χ4v) is 4.61. The second-order valence-corrected chi connectivity index (χ2v) is 10.4. The Morgan fingerprint density at radius 1 is 1.21 bits per heavy atom. The number of allylic oxidation sites excluding steroid dienone is 1. The summed E-state index contributed by atoms with van der Waals surface area (Å²) in [5.41, 5.74) is 3.32. The van der Waals surface area contributed by atoms with Gasteiger partial charge in [-0.1, -0.05) is 17.7 Å². The number of halogens is 2. The molecule has 7 nitrogen and oxygen atoms in total. The number of hydrogen-bond donors (Lipinski definition) is 2. The zero-order valence-corrected chi connectivity index (χ0v) is 22.7. The predicted molar refractivity (Wildman–Crippen MR) is 150 cm³/mol. The highest BCUT2D eigenvalue weighted by Crippen LogP contribution is 2.35. The Labute approximate surface area is 227 Å². The maximum atomic E-state index is 15.0.